The molecule has 1 aliphatic rings. The number of hydrogen-bond acceptors (Lipinski definition) is 6. The second-order valence-corrected chi connectivity index (χ2v) is 5.17. The number of ether oxygens (including phenoxy) is 2. The van der Waals surface area contributed by atoms with Gasteiger partial charge in [0.2, 0.25) is 5.91 Å². The molecule has 2 rings (SSSR count). The zero-order valence-electron chi connectivity index (χ0n) is 11.7. The molecule has 1 saturated heterocycles. The van der Waals surface area contributed by atoms with Gasteiger partial charge in [-0.3, -0.25) is 14.9 Å². The first-order valence-electron chi connectivity index (χ1n) is 6.43. The summed E-state index contributed by atoms with van der Waals surface area (Å²) < 4.78 is 10.6. The molecule has 8 nitrogen and oxygen atoms in total. The van der Waals surface area contributed by atoms with Crippen LogP contribution in [0.4, 0.5) is 5.69 Å². The Hall–Kier alpha value is -2.03. The number of nitro benzene ring substituents is 1. The van der Waals surface area contributed by atoms with Crippen LogP contribution in [0.1, 0.15) is 18.9 Å². The lowest BCUT2D eigenvalue weighted by Crippen LogP contribution is -2.33. The fourth-order valence-corrected chi connectivity index (χ4v) is 2.07. The van der Waals surface area contributed by atoms with Gasteiger partial charge in [0, 0.05) is 22.7 Å². The number of rotatable bonds is 5. The summed E-state index contributed by atoms with van der Waals surface area (Å²) in [5, 5.41) is 14.7. The average Bonchev–Trinajstić information content (AvgIpc) is 2.86. The Morgan fingerprint density at radius 2 is 2.23 bits per heavy atom. The Bertz CT molecular complexity index is 614. The van der Waals surface area contributed by atoms with Crippen LogP contribution in [0.3, 0.4) is 0 Å². The molecule has 1 amide bonds. The minimum absolute atomic E-state index is 0.00693. The first-order chi connectivity index (χ1) is 10.4. The highest BCUT2D eigenvalue weighted by Gasteiger charge is 2.33. The second-order valence-electron chi connectivity index (χ2n) is 4.76. The molecule has 22 heavy (non-hydrogen) atoms. The van der Waals surface area contributed by atoms with Crippen molar-refractivity contribution in [3.8, 4) is 0 Å². The molecule has 0 unspecified atom stereocenters. The number of nitrogens with one attached hydrogen (secondary N) is 1. The molecule has 0 saturated carbocycles. The first-order valence-corrected chi connectivity index (χ1v) is 6.81. The van der Waals surface area contributed by atoms with Gasteiger partial charge < -0.3 is 9.47 Å². The van der Waals surface area contributed by atoms with Gasteiger partial charge in [0.25, 0.3) is 5.69 Å². The normalized spacial score (nSPS) is 16.8. The van der Waals surface area contributed by atoms with Crippen molar-refractivity contribution >= 4 is 29.4 Å². The van der Waals surface area contributed by atoms with Crippen LogP contribution in [0.2, 0.25) is 5.02 Å². The van der Waals surface area contributed by atoms with Gasteiger partial charge in [0.1, 0.15) is 0 Å². The fraction of sp³-hybridized carbons (Fsp3) is 0.385. The van der Waals surface area contributed by atoms with E-state index in [0.717, 1.165) is 0 Å². The topological polar surface area (TPSA) is 103 Å². The van der Waals surface area contributed by atoms with Gasteiger partial charge in [-0.1, -0.05) is 11.6 Å². The quantitative estimate of drug-likeness (QED) is 0.505. The molecule has 0 aliphatic carbocycles. The van der Waals surface area contributed by atoms with Crippen LogP contribution in [-0.2, 0) is 14.3 Å². The van der Waals surface area contributed by atoms with Gasteiger partial charge in [-0.2, -0.15) is 5.10 Å². The van der Waals surface area contributed by atoms with E-state index >= 15 is 0 Å². The van der Waals surface area contributed by atoms with Crippen molar-refractivity contribution in [2.24, 2.45) is 5.10 Å². The number of non-ortho nitro benzene ring substituents is 1. The van der Waals surface area contributed by atoms with Crippen molar-refractivity contribution in [1.29, 1.82) is 0 Å². The molecule has 9 heteroatoms. The predicted octanol–water partition coefficient (Wildman–Crippen LogP) is 1.85. The number of nitro groups is 1. The lowest BCUT2D eigenvalue weighted by Gasteiger charge is -2.20. The van der Waals surface area contributed by atoms with Crippen molar-refractivity contribution < 1.29 is 19.2 Å². The number of halogens is 1. The maximum Gasteiger partial charge on any atom is 0.270 e. The number of amides is 1. The second kappa shape index (κ2) is 6.82. The van der Waals surface area contributed by atoms with E-state index in [1.807, 2.05) is 0 Å². The molecule has 1 aromatic rings. The number of carbonyl (C=O) groups excluding carboxylic acids is 1. The number of nitrogens with zero attached hydrogens (tertiary/aromatic N) is 2. The molecule has 1 N–H and O–H groups in total. The van der Waals surface area contributed by atoms with Crippen LogP contribution < -0.4 is 5.43 Å². The highest BCUT2D eigenvalue weighted by molar-refractivity contribution is 6.33. The molecular formula is C13H14ClN3O5. The summed E-state index contributed by atoms with van der Waals surface area (Å²) in [6, 6.07) is 3.94. The van der Waals surface area contributed by atoms with Crippen LogP contribution in [0.15, 0.2) is 23.3 Å². The first kappa shape index (κ1) is 16.3. The summed E-state index contributed by atoms with van der Waals surface area (Å²) in [6.45, 7) is 2.55. The monoisotopic (exact) mass is 327 g/mol. The Morgan fingerprint density at radius 3 is 2.86 bits per heavy atom. The summed E-state index contributed by atoms with van der Waals surface area (Å²) in [5.74, 6) is -1.34. The van der Waals surface area contributed by atoms with Gasteiger partial charge in [-0.05, 0) is 13.0 Å². The Labute approximate surface area is 131 Å². The van der Waals surface area contributed by atoms with Crippen LogP contribution in [0.5, 0.6) is 0 Å². The highest BCUT2D eigenvalue weighted by Crippen LogP contribution is 2.22. The van der Waals surface area contributed by atoms with Crippen LogP contribution in [0.25, 0.3) is 0 Å². The van der Waals surface area contributed by atoms with E-state index in [2.05, 4.69) is 10.5 Å². The number of hydrogen-bond donors (Lipinski definition) is 1. The lowest BCUT2D eigenvalue weighted by atomic mass is 10.2. The minimum Gasteiger partial charge on any atom is -0.347 e. The summed E-state index contributed by atoms with van der Waals surface area (Å²) in [6.07, 6.45) is 1.24. The summed E-state index contributed by atoms with van der Waals surface area (Å²) in [7, 11) is 0. The van der Waals surface area contributed by atoms with Gasteiger partial charge in [0.15, 0.2) is 5.79 Å². The van der Waals surface area contributed by atoms with Crippen molar-refractivity contribution in [2.75, 3.05) is 13.2 Å². The molecule has 1 aliphatic heterocycles. The zero-order chi connectivity index (χ0) is 16.2. The predicted molar refractivity (Wildman–Crippen MR) is 78.8 cm³/mol. The maximum atomic E-state index is 11.7. The molecule has 1 fully saturated rings. The summed E-state index contributed by atoms with van der Waals surface area (Å²) >= 11 is 5.91. The van der Waals surface area contributed by atoms with E-state index in [0.29, 0.717) is 18.8 Å². The van der Waals surface area contributed by atoms with E-state index < -0.39 is 16.6 Å². The summed E-state index contributed by atoms with van der Waals surface area (Å²) in [4.78, 5) is 21.9. The van der Waals surface area contributed by atoms with Crippen LogP contribution >= 0.6 is 11.6 Å². The Kier molecular flexibility index (Phi) is 5.07. The molecule has 0 atom stereocenters. The van der Waals surface area contributed by atoms with E-state index in [9.17, 15) is 14.9 Å². The molecule has 0 aromatic heterocycles. The maximum absolute atomic E-state index is 11.7. The number of hydrazone groups is 1. The van der Waals surface area contributed by atoms with E-state index in [1.165, 1.54) is 24.4 Å². The third kappa shape index (κ3) is 4.23. The third-order valence-electron chi connectivity index (χ3n) is 2.96. The van der Waals surface area contributed by atoms with Crippen LogP contribution in [-0.4, -0.2) is 36.0 Å². The van der Waals surface area contributed by atoms with E-state index in [4.69, 9.17) is 21.1 Å². The van der Waals surface area contributed by atoms with Gasteiger partial charge in [0.05, 0.1) is 30.8 Å². The van der Waals surface area contributed by atoms with E-state index in [1.54, 1.807) is 6.92 Å². The third-order valence-corrected chi connectivity index (χ3v) is 3.31. The Morgan fingerprint density at radius 1 is 1.55 bits per heavy atom. The summed E-state index contributed by atoms with van der Waals surface area (Å²) in [5.41, 5.74) is 2.52. The smallest absolute Gasteiger partial charge is 0.270 e. The van der Waals surface area contributed by atoms with Crippen molar-refractivity contribution in [1.82, 2.24) is 5.43 Å². The molecule has 0 bridgehead atoms. The number of benzene rings is 1. The molecule has 1 aromatic carbocycles. The van der Waals surface area contributed by atoms with Crippen molar-refractivity contribution in [3.63, 3.8) is 0 Å². The fourth-order valence-electron chi connectivity index (χ4n) is 1.91. The van der Waals surface area contributed by atoms with Crippen LogP contribution in [0, 0.1) is 10.1 Å². The SMILES string of the molecule is CC1(CC(=O)NN=Cc2cc([N+](=O)[O-])ccc2Cl)OCCO1. The van der Waals surface area contributed by atoms with Gasteiger partial charge in [-0.25, -0.2) is 5.43 Å². The Balaban J connectivity index is 1.96. The van der Waals surface area contributed by atoms with Gasteiger partial charge in [-0.15, -0.1) is 0 Å². The largest absolute Gasteiger partial charge is 0.347 e. The number of carbonyl (C=O) groups is 1. The van der Waals surface area contributed by atoms with Crippen molar-refractivity contribution in [2.45, 2.75) is 19.1 Å². The molecule has 1 heterocycles. The highest BCUT2D eigenvalue weighted by atomic mass is 35.5. The standard InChI is InChI=1S/C13H14ClN3O5/c1-13(21-4-5-22-13)7-12(18)16-15-8-9-6-10(17(19)20)2-3-11(9)14/h2-3,6,8H,4-5,7H2,1H3,(H,16,18). The zero-order valence-corrected chi connectivity index (χ0v) is 12.5. The molecule has 0 radical (unpaired) electrons. The molecule has 0 spiro atoms. The van der Waals surface area contributed by atoms with Gasteiger partial charge >= 0.3 is 0 Å². The minimum atomic E-state index is -0.942. The lowest BCUT2D eigenvalue weighted by molar-refractivity contribution is -0.384. The molecular weight excluding hydrogens is 314 g/mol. The van der Waals surface area contributed by atoms with Crippen molar-refractivity contribution in [3.05, 3.63) is 38.9 Å². The average molecular weight is 328 g/mol. The van der Waals surface area contributed by atoms with E-state index in [-0.39, 0.29) is 17.1 Å². The molecule has 118 valence electrons.